The summed E-state index contributed by atoms with van der Waals surface area (Å²) in [5.41, 5.74) is 0. The fourth-order valence-electron chi connectivity index (χ4n) is 13.5. The number of phosphoric acid groups is 1. The molecule has 0 aromatic carbocycles. The third-order valence-electron chi connectivity index (χ3n) is 20.0. The number of aliphatic hydroxyl groups excluding tert-OH is 10. The Morgan fingerprint density at radius 3 is 1.07 bits per heavy atom. The van der Waals surface area contributed by atoms with Gasteiger partial charge < -0.3 is 89.1 Å². The largest absolute Gasteiger partial charge is 0.472 e. The molecule has 1 aliphatic carbocycles. The molecule has 3 rings (SSSR count). The van der Waals surface area contributed by atoms with Crippen LogP contribution in [0.1, 0.15) is 329 Å². The predicted molar refractivity (Wildman–Crippen MR) is 388 cm³/mol. The Labute approximate surface area is 612 Å². The molecule has 102 heavy (non-hydrogen) atoms. The summed E-state index contributed by atoms with van der Waals surface area (Å²) in [6, 6.07) is 0. The van der Waals surface area contributed by atoms with Crippen LogP contribution in [-0.2, 0) is 61.2 Å². The molecule has 0 radical (unpaired) electrons. The van der Waals surface area contributed by atoms with Crippen molar-refractivity contribution in [2.45, 2.75) is 433 Å². The lowest BCUT2D eigenvalue weighted by Gasteiger charge is -2.49. The number of ether oxygens (including phenoxy) is 7. The quantitative estimate of drug-likeness (QED) is 0.00886. The normalized spacial score (nSPS) is 27.0. The Kier molecular flexibility index (Phi) is 54.0. The maximum absolute atomic E-state index is 14.4. The first-order valence-corrected chi connectivity index (χ1v) is 42.0. The molecule has 0 spiro atoms. The third-order valence-corrected chi connectivity index (χ3v) is 21.0. The van der Waals surface area contributed by atoms with Crippen LogP contribution in [0.2, 0.25) is 0 Å². The number of unbranched alkanes of at least 4 members (excludes halogenated alkanes) is 41. The second kappa shape index (κ2) is 58.7. The van der Waals surface area contributed by atoms with Gasteiger partial charge in [0, 0.05) is 19.3 Å². The van der Waals surface area contributed by atoms with Gasteiger partial charge in [0.25, 0.3) is 0 Å². The molecule has 3 aliphatic rings. The average molecular weight is 1480 g/mol. The van der Waals surface area contributed by atoms with Crippen molar-refractivity contribution in [3.05, 3.63) is 12.2 Å². The lowest BCUT2D eigenvalue weighted by molar-refractivity contribution is -0.360. The van der Waals surface area contributed by atoms with Crippen molar-refractivity contribution in [3.8, 4) is 0 Å². The fourth-order valence-corrected chi connectivity index (χ4v) is 14.4. The highest BCUT2D eigenvalue weighted by molar-refractivity contribution is 7.47. The molecular weight excluding hydrogens is 1340 g/mol. The molecule has 3 fully saturated rings. The summed E-state index contributed by atoms with van der Waals surface area (Å²) in [5.74, 6) is -1.98. The number of allylic oxidation sites excluding steroid dienone is 2. The Morgan fingerprint density at radius 1 is 0.373 bits per heavy atom. The highest BCUT2D eigenvalue weighted by atomic mass is 31.2. The van der Waals surface area contributed by atoms with Crippen LogP contribution < -0.4 is 0 Å². The van der Waals surface area contributed by atoms with Crippen LogP contribution in [0.4, 0.5) is 0 Å². The monoisotopic (exact) mass is 1480 g/mol. The number of phosphoric ester groups is 1. The van der Waals surface area contributed by atoms with Gasteiger partial charge in [-0.1, -0.05) is 277 Å². The van der Waals surface area contributed by atoms with Crippen molar-refractivity contribution in [3.63, 3.8) is 0 Å². The van der Waals surface area contributed by atoms with Gasteiger partial charge in [0.1, 0.15) is 98.7 Å². The summed E-state index contributed by atoms with van der Waals surface area (Å²) < 4.78 is 65.2. The summed E-state index contributed by atoms with van der Waals surface area (Å²) in [5, 5.41) is 110. The second-order valence-corrected chi connectivity index (χ2v) is 30.5. The lowest BCUT2D eigenvalue weighted by atomic mass is 9.84. The molecule has 11 N–H and O–H groups in total. The molecular formula is C77H143O24P. The number of carbonyl (C=O) groups excluding carboxylic acids is 3. The first kappa shape index (κ1) is 93.9. The number of hydrogen-bond acceptors (Lipinski definition) is 23. The topological polar surface area (TPSA) is 374 Å². The van der Waals surface area contributed by atoms with E-state index in [4.69, 9.17) is 42.2 Å². The number of rotatable bonds is 64. The van der Waals surface area contributed by atoms with Crippen molar-refractivity contribution in [2.75, 3.05) is 26.4 Å². The molecule has 2 heterocycles. The van der Waals surface area contributed by atoms with E-state index >= 15 is 0 Å². The van der Waals surface area contributed by atoms with Crippen molar-refractivity contribution in [1.82, 2.24) is 0 Å². The highest BCUT2D eigenvalue weighted by Gasteiger charge is 2.58. The molecule has 1 saturated carbocycles. The minimum Gasteiger partial charge on any atom is -0.463 e. The van der Waals surface area contributed by atoms with Crippen LogP contribution in [0.5, 0.6) is 0 Å². The first-order valence-electron chi connectivity index (χ1n) is 40.5. The van der Waals surface area contributed by atoms with E-state index in [1.165, 1.54) is 161 Å². The van der Waals surface area contributed by atoms with Gasteiger partial charge in [-0.3, -0.25) is 23.4 Å². The van der Waals surface area contributed by atoms with E-state index in [9.17, 15) is 74.9 Å². The lowest BCUT2D eigenvalue weighted by Crippen LogP contribution is -2.69. The predicted octanol–water partition coefficient (Wildman–Crippen LogP) is 12.3. The summed E-state index contributed by atoms with van der Waals surface area (Å²) in [7, 11) is -5.70. The first-order chi connectivity index (χ1) is 49.3. The Hall–Kier alpha value is -2.30. The standard InChI is InChI=1S/C77H143O24P/c1-4-7-10-13-16-19-22-25-28-29-32-35-38-41-44-47-50-53-63(81)96-58(55-93-61(79)51-48-45-42-39-36-33-30-26-23-20-17-14-11-8-5-2)56-95-102(91,92)101-75-73(99-76-71(89)66(84)64(82)59(54-78)97-76)69(87)68(86)70(88)74(75)100-77-72(90)67(85)65(83)60(98-77)57-94-62(80)52-49-46-43-40-37-34-31-27-24-21-18-15-12-9-6-3/h21,24,58-60,64-78,82-90H,4-20,22-23,25-57H2,1-3H3,(H,91,92)/b24-21-. The maximum atomic E-state index is 14.4. The molecule has 0 aromatic rings. The van der Waals surface area contributed by atoms with E-state index in [0.717, 1.165) is 109 Å². The summed E-state index contributed by atoms with van der Waals surface area (Å²) in [6.07, 6.45) is 19.6. The number of hydrogen-bond donors (Lipinski definition) is 11. The molecule has 18 unspecified atom stereocenters. The number of aliphatic hydroxyl groups is 10. The molecule has 0 aromatic heterocycles. The zero-order valence-electron chi connectivity index (χ0n) is 62.9. The van der Waals surface area contributed by atoms with Gasteiger partial charge in [-0.15, -0.1) is 0 Å². The zero-order chi connectivity index (χ0) is 74.6. The zero-order valence-corrected chi connectivity index (χ0v) is 63.8. The maximum Gasteiger partial charge on any atom is 0.472 e. The van der Waals surface area contributed by atoms with Crippen LogP contribution in [-0.4, -0.2) is 204 Å². The van der Waals surface area contributed by atoms with Crippen molar-refractivity contribution < 1.29 is 117 Å². The van der Waals surface area contributed by atoms with Gasteiger partial charge in [0.05, 0.1) is 13.2 Å². The molecule has 24 nitrogen and oxygen atoms in total. The van der Waals surface area contributed by atoms with Gasteiger partial charge in [0.15, 0.2) is 18.7 Å². The van der Waals surface area contributed by atoms with Crippen LogP contribution >= 0.6 is 7.82 Å². The van der Waals surface area contributed by atoms with E-state index < -0.39 is 156 Å². The smallest absolute Gasteiger partial charge is 0.463 e. The van der Waals surface area contributed by atoms with Crippen molar-refractivity contribution in [2.24, 2.45) is 0 Å². The summed E-state index contributed by atoms with van der Waals surface area (Å²) in [4.78, 5) is 51.2. The average Bonchev–Trinajstić information content (AvgIpc) is 0.761. The van der Waals surface area contributed by atoms with Crippen molar-refractivity contribution in [1.29, 1.82) is 0 Å². The van der Waals surface area contributed by atoms with E-state index in [1.807, 2.05) is 0 Å². The molecule has 25 heteroatoms. The third kappa shape index (κ3) is 40.8. The number of carbonyl (C=O) groups is 3. The molecule has 0 bridgehead atoms. The summed E-state index contributed by atoms with van der Waals surface area (Å²) in [6.45, 7) is 3.49. The summed E-state index contributed by atoms with van der Waals surface area (Å²) >= 11 is 0. The van der Waals surface area contributed by atoms with Gasteiger partial charge in [0.2, 0.25) is 0 Å². The number of esters is 3. The van der Waals surface area contributed by atoms with Gasteiger partial charge in [-0.05, 0) is 44.9 Å². The Bertz CT molecular complexity index is 2150. The minimum atomic E-state index is -5.70. The van der Waals surface area contributed by atoms with E-state index in [2.05, 4.69) is 32.9 Å². The molecule has 2 aliphatic heterocycles. The minimum absolute atomic E-state index is 0.0249. The van der Waals surface area contributed by atoms with Gasteiger partial charge in [-0.25, -0.2) is 4.57 Å². The van der Waals surface area contributed by atoms with Crippen molar-refractivity contribution >= 4 is 25.7 Å². The van der Waals surface area contributed by atoms with Crippen LogP contribution in [0.3, 0.4) is 0 Å². The molecule has 0 amide bonds. The SMILES string of the molecule is CCCCCC/C=C\CCCCCCCCCC(=O)OCC1OC(OC2C(O)C(O)C(O)C(OC3OC(CO)C(O)C(O)C3O)C2OP(=O)(O)OCC(COC(=O)CCCCCCCCCCCCCCCCC)OC(=O)CCCCCCCCCCCCCCCCCCC)C(O)C(O)C1O. The molecule has 600 valence electrons. The van der Waals surface area contributed by atoms with Crippen LogP contribution in [0.15, 0.2) is 12.2 Å². The second-order valence-electron chi connectivity index (χ2n) is 29.1. The fraction of sp³-hybridized carbons (Fsp3) is 0.935. The van der Waals surface area contributed by atoms with Crippen LogP contribution in [0.25, 0.3) is 0 Å². The van der Waals surface area contributed by atoms with E-state index in [-0.39, 0.29) is 19.3 Å². The van der Waals surface area contributed by atoms with Gasteiger partial charge in [-0.2, -0.15) is 0 Å². The van der Waals surface area contributed by atoms with E-state index in [0.29, 0.717) is 19.3 Å². The molecule has 18 atom stereocenters. The highest BCUT2D eigenvalue weighted by Crippen LogP contribution is 2.49. The Balaban J connectivity index is 1.70. The Morgan fingerprint density at radius 2 is 0.686 bits per heavy atom. The van der Waals surface area contributed by atoms with Crippen LogP contribution in [0, 0.1) is 0 Å². The van der Waals surface area contributed by atoms with Gasteiger partial charge >= 0.3 is 25.7 Å². The molecule has 2 saturated heterocycles. The van der Waals surface area contributed by atoms with E-state index in [1.54, 1.807) is 0 Å².